The zero-order valence-corrected chi connectivity index (χ0v) is 7.33. The van der Waals surface area contributed by atoms with Crippen LogP contribution in [0.2, 0.25) is 0 Å². The molecule has 1 aromatic carbocycles. The van der Waals surface area contributed by atoms with Gasteiger partial charge in [-0.2, -0.15) is 0 Å². The average Bonchev–Trinajstić information content (AvgIpc) is 2.04. The molecule has 0 unspecified atom stereocenters. The van der Waals surface area contributed by atoms with Gasteiger partial charge in [0.15, 0.2) is 0 Å². The first kappa shape index (κ1) is 7.29. The van der Waals surface area contributed by atoms with Crippen molar-refractivity contribution in [2.24, 2.45) is 0 Å². The molecule has 1 nitrogen and oxygen atoms in total. The minimum atomic E-state index is 1.12. The summed E-state index contributed by atoms with van der Waals surface area (Å²) in [4.78, 5) is 4.27. The quantitative estimate of drug-likeness (QED) is 0.573. The topological polar surface area (TPSA) is 12.9 Å². The Morgan fingerprint density at radius 1 is 1.08 bits per heavy atom. The number of nitrogens with zero attached hydrogens (tertiary/aromatic N) is 1. The second kappa shape index (κ2) is 2.59. The molecule has 2 rings (SSSR count). The summed E-state index contributed by atoms with van der Waals surface area (Å²) in [5, 5.41) is 2.57. The van der Waals surface area contributed by atoms with E-state index < -0.39 is 0 Å². The molecule has 0 aliphatic rings. The maximum absolute atomic E-state index is 4.27. The molecule has 2 aromatic rings. The van der Waals surface area contributed by atoms with Crippen molar-refractivity contribution in [2.45, 2.75) is 13.8 Å². The fraction of sp³-hybridized carbons (Fsp3) is 0.182. The van der Waals surface area contributed by atoms with E-state index in [4.69, 9.17) is 0 Å². The highest BCUT2D eigenvalue weighted by Crippen LogP contribution is 2.19. The fourth-order valence-corrected chi connectivity index (χ4v) is 1.62. The van der Waals surface area contributed by atoms with Crippen molar-refractivity contribution in [1.29, 1.82) is 0 Å². The van der Waals surface area contributed by atoms with Gasteiger partial charge < -0.3 is 0 Å². The summed E-state index contributed by atoms with van der Waals surface area (Å²) in [7, 11) is 0. The number of aromatic nitrogens is 1. The Bertz CT molecular complexity index is 382. The summed E-state index contributed by atoms with van der Waals surface area (Å²) in [5.74, 6) is 0. The van der Waals surface area contributed by atoms with Gasteiger partial charge in [0.05, 0.1) is 0 Å². The number of benzene rings is 1. The molecular weight excluding hydrogens is 146 g/mol. The van der Waals surface area contributed by atoms with Crippen molar-refractivity contribution in [1.82, 2.24) is 4.98 Å². The Kier molecular flexibility index (Phi) is 1.58. The van der Waals surface area contributed by atoms with Crippen molar-refractivity contribution >= 4 is 10.8 Å². The monoisotopic (exact) mass is 157 g/mol. The minimum Gasteiger partial charge on any atom is -0.261 e. The third-order valence-electron chi connectivity index (χ3n) is 2.19. The molecule has 0 amide bonds. The van der Waals surface area contributed by atoms with Crippen molar-refractivity contribution in [3.63, 3.8) is 0 Å². The van der Waals surface area contributed by atoms with E-state index in [9.17, 15) is 0 Å². The Hall–Kier alpha value is -1.37. The maximum Gasteiger partial charge on any atom is 0.0453 e. The van der Waals surface area contributed by atoms with Gasteiger partial charge in [-0.3, -0.25) is 4.98 Å². The molecule has 0 fully saturated rings. The molecule has 12 heavy (non-hydrogen) atoms. The van der Waals surface area contributed by atoms with E-state index in [1.165, 1.54) is 16.3 Å². The van der Waals surface area contributed by atoms with Gasteiger partial charge in [0.25, 0.3) is 0 Å². The first-order chi connectivity index (χ1) is 5.79. The van der Waals surface area contributed by atoms with Crippen molar-refractivity contribution in [3.05, 3.63) is 41.7 Å². The Morgan fingerprint density at radius 2 is 1.92 bits per heavy atom. The highest BCUT2D eigenvalue weighted by Gasteiger charge is 1.98. The molecule has 0 bridgehead atoms. The number of rotatable bonds is 0. The summed E-state index contributed by atoms with van der Waals surface area (Å²) in [6.07, 6.45) is 1.86. The summed E-state index contributed by atoms with van der Waals surface area (Å²) >= 11 is 0. The lowest BCUT2D eigenvalue weighted by Crippen LogP contribution is -1.85. The Labute approximate surface area is 72.1 Å². The molecule has 0 N–H and O–H groups in total. The molecular formula is C11H11N. The van der Waals surface area contributed by atoms with E-state index in [1.807, 2.05) is 6.20 Å². The molecule has 0 saturated carbocycles. The van der Waals surface area contributed by atoms with E-state index in [0.717, 1.165) is 5.69 Å². The second-order valence-corrected chi connectivity index (χ2v) is 3.07. The van der Waals surface area contributed by atoms with E-state index >= 15 is 0 Å². The fourth-order valence-electron chi connectivity index (χ4n) is 1.62. The number of hydrogen-bond acceptors (Lipinski definition) is 1. The summed E-state index contributed by atoms with van der Waals surface area (Å²) in [6, 6.07) is 8.38. The van der Waals surface area contributed by atoms with E-state index in [2.05, 4.69) is 43.1 Å². The Balaban J connectivity index is 2.96. The van der Waals surface area contributed by atoms with Crippen molar-refractivity contribution in [3.8, 4) is 0 Å². The van der Waals surface area contributed by atoms with Gasteiger partial charge in [-0.05, 0) is 30.9 Å². The van der Waals surface area contributed by atoms with Crippen LogP contribution in [-0.2, 0) is 0 Å². The van der Waals surface area contributed by atoms with Crippen LogP contribution in [0.1, 0.15) is 11.3 Å². The lowest BCUT2D eigenvalue weighted by molar-refractivity contribution is 1.23. The van der Waals surface area contributed by atoms with Crippen LogP contribution in [0.15, 0.2) is 30.5 Å². The van der Waals surface area contributed by atoms with E-state index in [0.29, 0.717) is 0 Å². The average molecular weight is 157 g/mol. The first-order valence-electron chi connectivity index (χ1n) is 4.10. The van der Waals surface area contributed by atoms with Crippen LogP contribution in [0.4, 0.5) is 0 Å². The second-order valence-electron chi connectivity index (χ2n) is 3.07. The van der Waals surface area contributed by atoms with Gasteiger partial charge in [0.2, 0.25) is 0 Å². The van der Waals surface area contributed by atoms with Gasteiger partial charge in [0, 0.05) is 17.3 Å². The van der Waals surface area contributed by atoms with Gasteiger partial charge in [-0.1, -0.05) is 18.2 Å². The van der Waals surface area contributed by atoms with Crippen molar-refractivity contribution < 1.29 is 0 Å². The molecule has 60 valence electrons. The van der Waals surface area contributed by atoms with E-state index in [-0.39, 0.29) is 0 Å². The predicted molar refractivity (Wildman–Crippen MR) is 51.2 cm³/mol. The maximum atomic E-state index is 4.27. The molecule has 0 aliphatic heterocycles. The minimum absolute atomic E-state index is 1.12. The highest BCUT2D eigenvalue weighted by molar-refractivity contribution is 5.87. The third kappa shape index (κ3) is 0.981. The lowest BCUT2D eigenvalue weighted by atomic mass is 10.1. The number of fused-ring (bicyclic) bond motifs is 1. The van der Waals surface area contributed by atoms with Crippen LogP contribution in [0, 0.1) is 13.8 Å². The normalized spacial score (nSPS) is 10.5. The SMILES string of the molecule is Cc1cccc2ccnc(C)c12. The standard InChI is InChI=1S/C11H11N/c1-8-4-3-5-10-6-7-12-9(2)11(8)10/h3-7H,1-2H3. The molecule has 1 aromatic heterocycles. The summed E-state index contributed by atoms with van der Waals surface area (Å²) < 4.78 is 0. The molecule has 0 saturated heterocycles. The van der Waals surface area contributed by atoms with Crippen LogP contribution < -0.4 is 0 Å². The predicted octanol–water partition coefficient (Wildman–Crippen LogP) is 2.85. The van der Waals surface area contributed by atoms with Crippen LogP contribution in [0.25, 0.3) is 10.8 Å². The van der Waals surface area contributed by atoms with Gasteiger partial charge in [-0.15, -0.1) is 0 Å². The molecule has 0 radical (unpaired) electrons. The van der Waals surface area contributed by atoms with Gasteiger partial charge >= 0.3 is 0 Å². The first-order valence-corrected chi connectivity index (χ1v) is 4.10. The molecule has 1 heteroatoms. The summed E-state index contributed by atoms with van der Waals surface area (Å²) in [6.45, 7) is 4.17. The Morgan fingerprint density at radius 3 is 2.67 bits per heavy atom. The number of hydrogen-bond donors (Lipinski definition) is 0. The third-order valence-corrected chi connectivity index (χ3v) is 2.19. The zero-order chi connectivity index (χ0) is 8.55. The lowest BCUT2D eigenvalue weighted by Gasteiger charge is -2.03. The van der Waals surface area contributed by atoms with E-state index in [1.54, 1.807) is 0 Å². The smallest absolute Gasteiger partial charge is 0.0453 e. The van der Waals surface area contributed by atoms with Gasteiger partial charge in [-0.25, -0.2) is 0 Å². The van der Waals surface area contributed by atoms with Crippen molar-refractivity contribution in [2.75, 3.05) is 0 Å². The molecule has 0 spiro atoms. The highest BCUT2D eigenvalue weighted by atomic mass is 14.7. The van der Waals surface area contributed by atoms with Crippen LogP contribution in [-0.4, -0.2) is 4.98 Å². The summed E-state index contributed by atoms with van der Waals surface area (Å²) in [5.41, 5.74) is 2.42. The van der Waals surface area contributed by atoms with Crippen LogP contribution in [0.3, 0.4) is 0 Å². The van der Waals surface area contributed by atoms with Gasteiger partial charge in [0.1, 0.15) is 0 Å². The zero-order valence-electron chi connectivity index (χ0n) is 7.33. The molecule has 1 heterocycles. The van der Waals surface area contributed by atoms with Crippen LogP contribution >= 0.6 is 0 Å². The molecule has 0 aliphatic carbocycles. The van der Waals surface area contributed by atoms with Crippen LogP contribution in [0.5, 0.6) is 0 Å². The largest absolute Gasteiger partial charge is 0.261 e. The number of aryl methyl sites for hydroxylation is 2. The number of pyridine rings is 1. The molecule has 0 atom stereocenters.